The van der Waals surface area contributed by atoms with E-state index in [0.717, 1.165) is 11.3 Å². The lowest BCUT2D eigenvalue weighted by molar-refractivity contribution is -0.145. The van der Waals surface area contributed by atoms with E-state index in [1.807, 2.05) is 31.2 Å². The third-order valence-corrected chi connectivity index (χ3v) is 6.25. The number of aryl methyl sites for hydroxylation is 1. The van der Waals surface area contributed by atoms with Crippen LogP contribution in [0.4, 0.5) is 5.69 Å². The Balaban J connectivity index is 1.53. The molecular weight excluding hydrogens is 348 g/mol. The molecule has 8 heteroatoms. The molecule has 2 aliphatic rings. The van der Waals surface area contributed by atoms with Gasteiger partial charge < -0.3 is 10.4 Å². The number of rotatable bonds is 6. The van der Waals surface area contributed by atoms with Crippen molar-refractivity contribution in [2.75, 3.05) is 11.1 Å². The Morgan fingerprint density at radius 3 is 2.71 bits per heavy atom. The van der Waals surface area contributed by atoms with Crippen molar-refractivity contribution >= 4 is 47.0 Å². The van der Waals surface area contributed by atoms with Gasteiger partial charge in [-0.05, 0) is 19.1 Å². The molecule has 1 atom stereocenters. The monoisotopic (exact) mass is 364 g/mol. The van der Waals surface area contributed by atoms with Crippen LogP contribution in [-0.2, 0) is 14.4 Å². The summed E-state index contributed by atoms with van der Waals surface area (Å²) in [7, 11) is 0. The van der Waals surface area contributed by atoms with Gasteiger partial charge in [-0.3, -0.25) is 14.5 Å². The minimum absolute atomic E-state index is 0.0604. The normalized spacial score (nSPS) is 19.1. The number of benzene rings is 1. The first kappa shape index (κ1) is 16.9. The maximum absolute atomic E-state index is 12.0. The Bertz CT molecular complexity index is 730. The summed E-state index contributed by atoms with van der Waals surface area (Å²) in [6.07, 6.45) is 0.646. The molecule has 1 fully saturated rings. The third-order valence-electron chi connectivity index (χ3n) is 3.68. The summed E-state index contributed by atoms with van der Waals surface area (Å²) >= 11 is 2.71. The van der Waals surface area contributed by atoms with Crippen LogP contribution in [0.5, 0.6) is 0 Å². The van der Waals surface area contributed by atoms with E-state index in [4.69, 9.17) is 0 Å². The van der Waals surface area contributed by atoms with Crippen LogP contribution >= 0.6 is 23.5 Å². The zero-order valence-corrected chi connectivity index (χ0v) is 14.6. The molecule has 0 aliphatic carbocycles. The van der Waals surface area contributed by atoms with Gasteiger partial charge in [0.1, 0.15) is 0 Å². The molecule has 0 aromatic heterocycles. The summed E-state index contributed by atoms with van der Waals surface area (Å²) in [6, 6.07) is 7.53. The highest BCUT2D eigenvalue weighted by Gasteiger charge is 2.48. The number of carboxylic acids is 1. The quantitative estimate of drug-likeness (QED) is 0.755. The summed E-state index contributed by atoms with van der Waals surface area (Å²) in [5, 5.41) is 12.0. The van der Waals surface area contributed by atoms with E-state index in [1.165, 1.54) is 28.4 Å². The van der Waals surface area contributed by atoms with Crippen LogP contribution in [0.2, 0.25) is 0 Å². The van der Waals surface area contributed by atoms with Crippen molar-refractivity contribution in [1.29, 1.82) is 0 Å². The summed E-state index contributed by atoms with van der Waals surface area (Å²) < 4.78 is 0.612. The van der Waals surface area contributed by atoms with Crippen LogP contribution < -0.4 is 5.32 Å². The number of thioether (sulfide) groups is 2. The average Bonchev–Trinajstić information content (AvgIpc) is 2.82. The van der Waals surface area contributed by atoms with Gasteiger partial charge in [-0.2, -0.15) is 0 Å². The minimum atomic E-state index is -1.09. The number of nitrogens with zero attached hydrogens (tertiary/aromatic N) is 1. The number of aliphatic carboxylic acids is 1. The average molecular weight is 364 g/mol. The predicted molar refractivity (Wildman–Crippen MR) is 94.4 cm³/mol. The number of nitrogens with one attached hydrogen (secondary N) is 1. The molecule has 0 radical (unpaired) electrons. The minimum Gasteiger partial charge on any atom is -0.477 e. The molecule has 6 nitrogen and oxygen atoms in total. The summed E-state index contributed by atoms with van der Waals surface area (Å²) in [5.41, 5.74) is 1.92. The molecule has 1 aromatic carbocycles. The second kappa shape index (κ2) is 6.90. The van der Waals surface area contributed by atoms with Gasteiger partial charge in [-0.15, -0.1) is 11.8 Å². The van der Waals surface area contributed by atoms with Gasteiger partial charge in [-0.1, -0.05) is 29.5 Å². The number of anilines is 1. The smallest absolute Gasteiger partial charge is 0.354 e. The largest absolute Gasteiger partial charge is 0.477 e. The summed E-state index contributed by atoms with van der Waals surface area (Å²) in [5.74, 6) is -0.903. The van der Waals surface area contributed by atoms with Crippen LogP contribution in [0, 0.1) is 6.92 Å². The third kappa shape index (κ3) is 3.44. The number of fused-ring (bicyclic) bond motifs is 1. The second-order valence-corrected chi connectivity index (χ2v) is 8.05. The van der Waals surface area contributed by atoms with Gasteiger partial charge in [0, 0.05) is 17.9 Å². The lowest BCUT2D eigenvalue weighted by Crippen LogP contribution is -2.48. The maximum Gasteiger partial charge on any atom is 0.354 e. The number of carbonyl (C=O) groups is 3. The lowest BCUT2D eigenvalue weighted by Gasteiger charge is -2.33. The fourth-order valence-electron chi connectivity index (χ4n) is 2.42. The highest BCUT2D eigenvalue weighted by Crippen LogP contribution is 2.50. The molecule has 126 valence electrons. The molecule has 1 saturated heterocycles. The van der Waals surface area contributed by atoms with Crippen LogP contribution in [0.15, 0.2) is 34.2 Å². The lowest BCUT2D eigenvalue weighted by atomic mass is 10.2. The first-order valence-electron chi connectivity index (χ1n) is 7.41. The Morgan fingerprint density at radius 2 is 2.08 bits per heavy atom. The molecular formula is C16H16N2O4S2. The molecule has 2 N–H and O–H groups in total. The molecule has 2 aliphatic heterocycles. The first-order valence-corrected chi connectivity index (χ1v) is 9.28. The maximum atomic E-state index is 12.0. The van der Waals surface area contributed by atoms with E-state index >= 15 is 0 Å². The first-order chi connectivity index (χ1) is 11.5. The number of carbonyl (C=O) groups excluding carboxylic acids is 2. The number of hydrogen-bond donors (Lipinski definition) is 2. The molecule has 0 unspecified atom stereocenters. The van der Waals surface area contributed by atoms with Crippen molar-refractivity contribution in [1.82, 2.24) is 4.90 Å². The predicted octanol–water partition coefficient (Wildman–Crippen LogP) is 2.62. The topological polar surface area (TPSA) is 86.7 Å². The van der Waals surface area contributed by atoms with Crippen LogP contribution in [-0.4, -0.2) is 38.9 Å². The van der Waals surface area contributed by atoms with E-state index in [1.54, 1.807) is 0 Å². The molecule has 0 spiro atoms. The van der Waals surface area contributed by atoms with E-state index < -0.39 is 5.97 Å². The Labute approximate surface area is 147 Å². The van der Waals surface area contributed by atoms with E-state index in [9.17, 15) is 19.5 Å². The van der Waals surface area contributed by atoms with Crippen molar-refractivity contribution in [3.05, 3.63) is 39.8 Å². The Hall–Kier alpha value is -1.93. The molecule has 2 heterocycles. The van der Waals surface area contributed by atoms with Gasteiger partial charge in [0.15, 0.2) is 5.70 Å². The van der Waals surface area contributed by atoms with Crippen molar-refractivity contribution in [2.24, 2.45) is 0 Å². The van der Waals surface area contributed by atoms with Crippen molar-refractivity contribution in [2.45, 2.75) is 25.1 Å². The van der Waals surface area contributed by atoms with Crippen LogP contribution in [0.3, 0.4) is 0 Å². The fourth-order valence-corrected chi connectivity index (χ4v) is 5.17. The van der Waals surface area contributed by atoms with E-state index in [2.05, 4.69) is 5.32 Å². The van der Waals surface area contributed by atoms with Crippen molar-refractivity contribution in [3.63, 3.8) is 0 Å². The van der Waals surface area contributed by atoms with Crippen LogP contribution in [0.1, 0.15) is 18.4 Å². The number of carboxylic acid groups (broad SMARTS) is 1. The van der Waals surface area contributed by atoms with Gasteiger partial charge in [0.05, 0.1) is 16.0 Å². The second-order valence-electron chi connectivity index (χ2n) is 5.49. The summed E-state index contributed by atoms with van der Waals surface area (Å²) in [6.45, 7) is 1.98. The molecule has 0 saturated carbocycles. The summed E-state index contributed by atoms with van der Waals surface area (Å²) in [4.78, 5) is 36.2. The SMILES string of the molecule is Cc1ccc(NC(=O)CCSC2=C(C(=O)O)N3C(=O)C[C@H]3S2)cc1. The van der Waals surface area contributed by atoms with E-state index in [0.29, 0.717) is 16.4 Å². The van der Waals surface area contributed by atoms with Gasteiger partial charge in [-0.25, -0.2) is 4.79 Å². The van der Waals surface area contributed by atoms with Crippen LogP contribution in [0.25, 0.3) is 0 Å². The molecule has 0 bridgehead atoms. The van der Waals surface area contributed by atoms with Crippen molar-refractivity contribution in [3.8, 4) is 0 Å². The fraction of sp³-hybridized carbons (Fsp3) is 0.312. The standard InChI is InChI=1S/C16H16N2O4S2/c1-9-2-4-10(5-3-9)17-11(19)6-7-23-16-14(15(21)22)18-12(20)8-13(18)24-16/h2-5,13H,6-8H2,1H3,(H,17,19)(H,21,22)/t13-/m1/s1. The molecule has 1 aromatic rings. The number of amides is 2. The van der Waals surface area contributed by atoms with Gasteiger partial charge in [0.2, 0.25) is 11.8 Å². The number of β-lactam (4-membered cyclic amide) rings is 1. The highest BCUT2D eigenvalue weighted by atomic mass is 32.2. The van der Waals surface area contributed by atoms with Gasteiger partial charge >= 0.3 is 5.97 Å². The molecule has 3 rings (SSSR count). The zero-order valence-electron chi connectivity index (χ0n) is 12.9. The zero-order chi connectivity index (χ0) is 17.3. The Kier molecular flexibility index (Phi) is 4.86. The van der Waals surface area contributed by atoms with Gasteiger partial charge in [0.25, 0.3) is 0 Å². The highest BCUT2D eigenvalue weighted by molar-refractivity contribution is 8.22. The molecule has 2 amide bonds. The number of hydrogen-bond acceptors (Lipinski definition) is 5. The Morgan fingerprint density at radius 1 is 1.38 bits per heavy atom. The van der Waals surface area contributed by atoms with E-state index in [-0.39, 0.29) is 29.3 Å². The molecule has 24 heavy (non-hydrogen) atoms. The van der Waals surface area contributed by atoms with Crippen molar-refractivity contribution < 1.29 is 19.5 Å².